The van der Waals surface area contributed by atoms with E-state index in [1.54, 1.807) is 12.1 Å². The van der Waals surface area contributed by atoms with Gasteiger partial charge in [0.25, 0.3) is 0 Å². The Labute approximate surface area is 194 Å². The van der Waals surface area contributed by atoms with Crippen LogP contribution in [0.1, 0.15) is 49.4 Å². The highest BCUT2D eigenvalue weighted by Crippen LogP contribution is 2.27. The number of ether oxygens (including phenoxy) is 2. The first-order chi connectivity index (χ1) is 16.3. The van der Waals surface area contributed by atoms with E-state index in [1.807, 2.05) is 24.3 Å². The Balaban J connectivity index is 1.62. The second kappa shape index (κ2) is 11.6. The molecule has 3 nitrogen and oxygen atoms in total. The van der Waals surface area contributed by atoms with Gasteiger partial charge in [-0.05, 0) is 41.8 Å². The van der Waals surface area contributed by atoms with Crippen molar-refractivity contribution in [2.24, 2.45) is 0 Å². The van der Waals surface area contributed by atoms with Crippen molar-refractivity contribution in [2.75, 3.05) is 6.61 Å². The van der Waals surface area contributed by atoms with Gasteiger partial charge in [0.05, 0.1) is 6.61 Å². The summed E-state index contributed by atoms with van der Waals surface area (Å²) in [5.74, 6) is -12.4. The Morgan fingerprint density at radius 2 is 1.12 bits per heavy atom. The number of benzene rings is 3. The molecule has 0 aliphatic rings. The summed E-state index contributed by atoms with van der Waals surface area (Å²) in [5, 5.41) is 0. The van der Waals surface area contributed by atoms with Crippen LogP contribution >= 0.6 is 0 Å². The largest absolute Gasteiger partial charge is 0.494 e. The predicted octanol–water partition coefficient (Wildman–Crippen LogP) is 7.62. The van der Waals surface area contributed by atoms with Crippen LogP contribution in [0.4, 0.5) is 22.0 Å². The third-order valence-corrected chi connectivity index (χ3v) is 5.18. The molecule has 0 spiro atoms. The molecule has 0 heterocycles. The number of rotatable bonds is 10. The van der Waals surface area contributed by atoms with E-state index in [1.165, 1.54) is 31.4 Å². The Morgan fingerprint density at radius 1 is 0.647 bits per heavy atom. The summed E-state index contributed by atoms with van der Waals surface area (Å²) in [6, 6.07) is 13.2. The van der Waals surface area contributed by atoms with Crippen molar-refractivity contribution in [3.05, 3.63) is 83.2 Å². The van der Waals surface area contributed by atoms with Crippen LogP contribution in [0.15, 0.2) is 48.5 Å². The molecule has 0 amide bonds. The van der Waals surface area contributed by atoms with Crippen molar-refractivity contribution in [1.29, 1.82) is 0 Å². The number of carbonyl (C=O) groups is 1. The van der Waals surface area contributed by atoms with Gasteiger partial charge in [-0.1, -0.05) is 56.9 Å². The third-order valence-electron chi connectivity index (χ3n) is 5.18. The summed E-state index contributed by atoms with van der Waals surface area (Å²) in [7, 11) is 0. The van der Waals surface area contributed by atoms with Gasteiger partial charge in [-0.3, -0.25) is 0 Å². The highest BCUT2D eigenvalue weighted by molar-refractivity contribution is 5.91. The van der Waals surface area contributed by atoms with E-state index in [9.17, 15) is 26.7 Å². The lowest BCUT2D eigenvalue weighted by Gasteiger charge is -2.10. The Morgan fingerprint density at radius 3 is 1.65 bits per heavy atom. The second-order valence-electron chi connectivity index (χ2n) is 7.65. The molecule has 0 fully saturated rings. The van der Waals surface area contributed by atoms with E-state index in [0.717, 1.165) is 29.7 Å². The molecule has 3 rings (SSSR count). The molecule has 0 bridgehead atoms. The Hall–Kier alpha value is -3.42. The molecule has 0 N–H and O–H groups in total. The molecule has 34 heavy (non-hydrogen) atoms. The molecule has 0 unspecified atom stereocenters. The summed E-state index contributed by atoms with van der Waals surface area (Å²) in [5.41, 5.74) is -0.0588. The topological polar surface area (TPSA) is 35.5 Å². The number of hydrogen-bond donors (Lipinski definition) is 0. The predicted molar refractivity (Wildman–Crippen MR) is 117 cm³/mol. The second-order valence-corrected chi connectivity index (χ2v) is 7.65. The first kappa shape index (κ1) is 25.2. The summed E-state index contributed by atoms with van der Waals surface area (Å²) in [4.78, 5) is 12.1. The van der Waals surface area contributed by atoms with Gasteiger partial charge in [0.1, 0.15) is 17.1 Å². The lowest BCUT2D eigenvalue weighted by molar-refractivity contribution is 0.0721. The van der Waals surface area contributed by atoms with E-state index in [2.05, 4.69) is 6.92 Å². The maximum Gasteiger partial charge on any atom is 0.349 e. The number of esters is 1. The van der Waals surface area contributed by atoms with Gasteiger partial charge < -0.3 is 9.47 Å². The average Bonchev–Trinajstić information content (AvgIpc) is 2.84. The molecule has 0 saturated carbocycles. The molecule has 0 aromatic heterocycles. The smallest absolute Gasteiger partial charge is 0.349 e. The minimum absolute atomic E-state index is 0.124. The lowest BCUT2D eigenvalue weighted by atomic mass is 10.1. The van der Waals surface area contributed by atoms with Gasteiger partial charge >= 0.3 is 5.97 Å². The molecular weight excluding hydrogens is 455 g/mol. The van der Waals surface area contributed by atoms with Crippen LogP contribution in [0.2, 0.25) is 0 Å². The van der Waals surface area contributed by atoms with Crippen molar-refractivity contribution >= 4 is 5.97 Å². The minimum atomic E-state index is -2.35. The van der Waals surface area contributed by atoms with E-state index in [-0.39, 0.29) is 5.75 Å². The number of halogens is 5. The molecular formula is C26H23F5O3. The molecule has 3 aromatic carbocycles. The fourth-order valence-electron chi connectivity index (χ4n) is 3.30. The minimum Gasteiger partial charge on any atom is -0.494 e. The summed E-state index contributed by atoms with van der Waals surface area (Å²) >= 11 is 0. The van der Waals surface area contributed by atoms with Crippen LogP contribution in [0.3, 0.4) is 0 Å². The normalized spacial score (nSPS) is 10.9. The molecule has 0 aliphatic heterocycles. The number of hydrogen-bond acceptors (Lipinski definition) is 3. The van der Waals surface area contributed by atoms with Gasteiger partial charge in [-0.15, -0.1) is 0 Å². The summed E-state index contributed by atoms with van der Waals surface area (Å²) in [6.07, 6.45) is 5.74. The van der Waals surface area contributed by atoms with Gasteiger partial charge in [0, 0.05) is 0 Å². The van der Waals surface area contributed by atoms with Gasteiger partial charge in [-0.2, -0.15) is 0 Å². The molecule has 8 heteroatoms. The van der Waals surface area contributed by atoms with Gasteiger partial charge in [0.2, 0.25) is 5.82 Å². The Bertz CT molecular complexity index is 1100. The first-order valence-electron chi connectivity index (χ1n) is 10.9. The summed E-state index contributed by atoms with van der Waals surface area (Å²) < 4.78 is 77.9. The van der Waals surface area contributed by atoms with E-state index >= 15 is 0 Å². The molecule has 3 aromatic rings. The molecule has 180 valence electrons. The number of carbonyl (C=O) groups excluding carboxylic acids is 1. The third kappa shape index (κ3) is 5.92. The molecule has 0 radical (unpaired) electrons. The van der Waals surface area contributed by atoms with Gasteiger partial charge in [-0.25, -0.2) is 26.7 Å². The van der Waals surface area contributed by atoms with Crippen LogP contribution in [0, 0.1) is 29.1 Å². The lowest BCUT2D eigenvalue weighted by Crippen LogP contribution is -2.17. The Kier molecular flexibility index (Phi) is 8.62. The highest BCUT2D eigenvalue weighted by Gasteiger charge is 2.31. The zero-order valence-corrected chi connectivity index (χ0v) is 18.5. The SMILES string of the molecule is CCCCCCCOc1ccc(-c2ccc(OC(=O)c3c(F)c(F)c(F)c(F)c3F)cc2)cc1. The fraction of sp³-hybridized carbons (Fsp3) is 0.269. The monoisotopic (exact) mass is 478 g/mol. The molecule has 0 atom stereocenters. The highest BCUT2D eigenvalue weighted by atomic mass is 19.2. The van der Waals surface area contributed by atoms with E-state index < -0.39 is 40.6 Å². The fourth-order valence-corrected chi connectivity index (χ4v) is 3.30. The van der Waals surface area contributed by atoms with E-state index in [0.29, 0.717) is 6.61 Å². The zero-order valence-electron chi connectivity index (χ0n) is 18.5. The zero-order chi connectivity index (χ0) is 24.7. The maximum atomic E-state index is 13.8. The van der Waals surface area contributed by atoms with Crippen molar-refractivity contribution in [3.8, 4) is 22.6 Å². The molecule has 0 aliphatic carbocycles. The maximum absolute atomic E-state index is 13.8. The molecule has 0 saturated heterocycles. The van der Waals surface area contributed by atoms with Crippen molar-refractivity contribution in [1.82, 2.24) is 0 Å². The average molecular weight is 478 g/mol. The van der Waals surface area contributed by atoms with Crippen molar-refractivity contribution in [2.45, 2.75) is 39.0 Å². The van der Waals surface area contributed by atoms with Crippen molar-refractivity contribution < 1.29 is 36.2 Å². The van der Waals surface area contributed by atoms with E-state index in [4.69, 9.17) is 9.47 Å². The number of unbranched alkanes of at least 4 members (excludes halogenated alkanes) is 4. The van der Waals surface area contributed by atoms with Crippen LogP contribution in [0.5, 0.6) is 11.5 Å². The van der Waals surface area contributed by atoms with Crippen LogP contribution < -0.4 is 9.47 Å². The van der Waals surface area contributed by atoms with Gasteiger partial charge in [0.15, 0.2) is 23.3 Å². The van der Waals surface area contributed by atoms with Crippen LogP contribution in [0.25, 0.3) is 11.1 Å². The van der Waals surface area contributed by atoms with Crippen molar-refractivity contribution in [3.63, 3.8) is 0 Å². The first-order valence-corrected chi connectivity index (χ1v) is 10.9. The van der Waals surface area contributed by atoms with Crippen LogP contribution in [-0.4, -0.2) is 12.6 Å². The van der Waals surface area contributed by atoms with Crippen LogP contribution in [-0.2, 0) is 0 Å². The quantitative estimate of drug-likeness (QED) is 0.0751. The standard InChI is InChI=1S/C26H23F5O3/c1-2-3-4-5-6-15-33-18-11-7-16(8-12-18)17-9-13-19(14-10-17)34-26(32)20-21(27)23(29)25(31)24(30)22(20)28/h7-14H,2-6,15H2,1H3. The summed E-state index contributed by atoms with van der Waals surface area (Å²) in [6.45, 7) is 2.81.